The second-order valence-corrected chi connectivity index (χ2v) is 8.02. The van der Waals surface area contributed by atoms with Crippen LogP contribution in [0.25, 0.3) is 11.3 Å². The number of methoxy groups -OCH3 is 1. The summed E-state index contributed by atoms with van der Waals surface area (Å²) in [4.78, 5) is 24.5. The largest absolute Gasteiger partial charge is 0.497 e. The van der Waals surface area contributed by atoms with Gasteiger partial charge in [0.1, 0.15) is 11.6 Å². The lowest BCUT2D eigenvalue weighted by Crippen LogP contribution is -2.36. The highest BCUT2D eigenvalue weighted by Crippen LogP contribution is 2.29. The topological polar surface area (TPSA) is 67.4 Å². The van der Waals surface area contributed by atoms with Crippen molar-refractivity contribution in [2.45, 2.75) is 32.6 Å². The van der Waals surface area contributed by atoms with Gasteiger partial charge in [0, 0.05) is 47.9 Å². The Balaban J connectivity index is 1.62. The van der Waals surface area contributed by atoms with E-state index in [-0.39, 0.29) is 11.9 Å². The minimum Gasteiger partial charge on any atom is -0.497 e. The Labute approximate surface area is 183 Å². The van der Waals surface area contributed by atoms with Gasteiger partial charge in [-0.1, -0.05) is 32.0 Å². The molecule has 2 heterocycles. The lowest BCUT2D eigenvalue weighted by Gasteiger charge is -2.20. The maximum atomic E-state index is 12.8. The number of carbonyl (C=O) groups is 1. The summed E-state index contributed by atoms with van der Waals surface area (Å²) in [6.45, 7) is 5.47. The average Bonchev–Trinajstić information content (AvgIpc) is 3.02. The highest BCUT2D eigenvalue weighted by Gasteiger charge is 2.24. The normalized spacial score (nSPS) is 13.5. The molecule has 0 atom stereocenters. The van der Waals surface area contributed by atoms with E-state index in [0.717, 1.165) is 46.2 Å². The molecule has 4 rings (SSSR count). The van der Waals surface area contributed by atoms with Crippen LogP contribution in [-0.4, -0.2) is 41.1 Å². The second-order valence-electron chi connectivity index (χ2n) is 8.02. The van der Waals surface area contributed by atoms with Gasteiger partial charge in [-0.15, -0.1) is 0 Å². The Hall–Kier alpha value is -3.41. The molecule has 0 saturated heterocycles. The Bertz CT molecular complexity index is 1050. The van der Waals surface area contributed by atoms with E-state index in [4.69, 9.17) is 14.7 Å². The van der Waals surface area contributed by atoms with Gasteiger partial charge in [-0.2, -0.15) is 0 Å². The van der Waals surface area contributed by atoms with Gasteiger partial charge in [0.2, 0.25) is 0 Å². The number of para-hydroxylation sites is 1. The van der Waals surface area contributed by atoms with Crippen molar-refractivity contribution < 1.29 is 9.53 Å². The molecule has 1 N–H and O–H groups in total. The van der Waals surface area contributed by atoms with E-state index in [1.54, 1.807) is 7.11 Å². The molecule has 1 aliphatic rings. The van der Waals surface area contributed by atoms with E-state index < -0.39 is 0 Å². The summed E-state index contributed by atoms with van der Waals surface area (Å²) in [6.07, 6.45) is 1.43. The highest BCUT2D eigenvalue weighted by atomic mass is 16.5. The maximum Gasteiger partial charge on any atom is 0.321 e. The number of anilines is 1. The number of ether oxygens (including phenoxy) is 1. The van der Waals surface area contributed by atoms with Crippen molar-refractivity contribution in [3.8, 4) is 17.0 Å². The minimum atomic E-state index is -0.0814. The molecule has 2 amide bonds. The van der Waals surface area contributed by atoms with Gasteiger partial charge >= 0.3 is 6.03 Å². The quantitative estimate of drug-likeness (QED) is 0.656. The SMILES string of the molecule is COc1ccc(-c2nc(C(C)C)nc3c2CCN(C(=O)Nc2ccccc2)CC3)cc1. The molecule has 31 heavy (non-hydrogen) atoms. The molecule has 3 aromatic rings. The number of aromatic nitrogens is 2. The average molecular weight is 417 g/mol. The van der Waals surface area contributed by atoms with Crippen LogP contribution in [0.2, 0.25) is 0 Å². The zero-order valence-electron chi connectivity index (χ0n) is 18.3. The summed E-state index contributed by atoms with van der Waals surface area (Å²) in [6, 6.07) is 17.5. The molecule has 2 aromatic carbocycles. The van der Waals surface area contributed by atoms with Crippen molar-refractivity contribution in [1.29, 1.82) is 0 Å². The summed E-state index contributed by atoms with van der Waals surface area (Å²) in [5.74, 6) is 1.88. The van der Waals surface area contributed by atoms with Crippen LogP contribution in [0.4, 0.5) is 10.5 Å². The Morgan fingerprint density at radius 1 is 1.00 bits per heavy atom. The van der Waals surface area contributed by atoms with Crippen molar-refractivity contribution >= 4 is 11.7 Å². The van der Waals surface area contributed by atoms with Crippen molar-refractivity contribution in [2.24, 2.45) is 0 Å². The number of carbonyl (C=O) groups excluding carboxylic acids is 1. The Morgan fingerprint density at radius 3 is 2.39 bits per heavy atom. The third-order valence-electron chi connectivity index (χ3n) is 5.55. The highest BCUT2D eigenvalue weighted by molar-refractivity contribution is 5.89. The van der Waals surface area contributed by atoms with Crippen LogP contribution >= 0.6 is 0 Å². The number of benzene rings is 2. The maximum absolute atomic E-state index is 12.8. The molecule has 0 bridgehead atoms. The van der Waals surface area contributed by atoms with Crippen molar-refractivity contribution in [3.05, 3.63) is 71.7 Å². The van der Waals surface area contributed by atoms with E-state index in [9.17, 15) is 4.79 Å². The number of nitrogens with one attached hydrogen (secondary N) is 1. The first kappa shape index (κ1) is 20.8. The molecule has 1 aromatic heterocycles. The predicted molar refractivity (Wildman–Crippen MR) is 123 cm³/mol. The zero-order chi connectivity index (χ0) is 21.8. The van der Waals surface area contributed by atoms with Gasteiger partial charge in [-0.25, -0.2) is 14.8 Å². The van der Waals surface area contributed by atoms with Gasteiger partial charge in [0.25, 0.3) is 0 Å². The first-order chi connectivity index (χ1) is 15.0. The lowest BCUT2D eigenvalue weighted by atomic mass is 10.00. The van der Waals surface area contributed by atoms with Crippen LogP contribution in [0.1, 0.15) is 36.8 Å². The van der Waals surface area contributed by atoms with Gasteiger partial charge < -0.3 is 15.0 Å². The summed E-state index contributed by atoms with van der Waals surface area (Å²) in [5, 5.41) is 2.99. The fourth-order valence-corrected chi connectivity index (χ4v) is 3.79. The second kappa shape index (κ2) is 9.16. The van der Waals surface area contributed by atoms with E-state index in [0.29, 0.717) is 19.5 Å². The van der Waals surface area contributed by atoms with Crippen LogP contribution in [0, 0.1) is 0 Å². The smallest absolute Gasteiger partial charge is 0.321 e. The molecule has 0 radical (unpaired) electrons. The van der Waals surface area contributed by atoms with E-state index in [1.807, 2.05) is 59.5 Å². The van der Waals surface area contributed by atoms with E-state index in [2.05, 4.69) is 19.2 Å². The van der Waals surface area contributed by atoms with E-state index in [1.165, 1.54) is 0 Å². The summed E-state index contributed by atoms with van der Waals surface area (Å²) in [7, 11) is 1.66. The first-order valence-corrected chi connectivity index (χ1v) is 10.7. The van der Waals surface area contributed by atoms with Gasteiger partial charge in [0.15, 0.2) is 0 Å². The third-order valence-corrected chi connectivity index (χ3v) is 5.55. The number of rotatable bonds is 4. The fraction of sp³-hybridized carbons (Fsp3) is 0.320. The summed E-state index contributed by atoms with van der Waals surface area (Å²) in [5.41, 5.74) is 4.98. The summed E-state index contributed by atoms with van der Waals surface area (Å²) < 4.78 is 5.31. The minimum absolute atomic E-state index is 0.0814. The molecule has 6 heteroatoms. The van der Waals surface area contributed by atoms with Crippen molar-refractivity contribution in [2.75, 3.05) is 25.5 Å². The van der Waals surface area contributed by atoms with Crippen LogP contribution < -0.4 is 10.1 Å². The molecule has 0 spiro atoms. The van der Waals surface area contributed by atoms with Crippen LogP contribution in [-0.2, 0) is 12.8 Å². The van der Waals surface area contributed by atoms with Gasteiger partial charge in [0.05, 0.1) is 12.8 Å². The molecule has 0 aliphatic carbocycles. The Morgan fingerprint density at radius 2 is 1.71 bits per heavy atom. The molecular weight excluding hydrogens is 388 g/mol. The fourth-order valence-electron chi connectivity index (χ4n) is 3.79. The number of hydrogen-bond donors (Lipinski definition) is 1. The Kier molecular flexibility index (Phi) is 6.16. The molecule has 6 nitrogen and oxygen atoms in total. The van der Waals surface area contributed by atoms with Crippen LogP contribution in [0.15, 0.2) is 54.6 Å². The monoisotopic (exact) mass is 416 g/mol. The molecule has 1 aliphatic heterocycles. The van der Waals surface area contributed by atoms with Crippen LogP contribution in [0.5, 0.6) is 5.75 Å². The van der Waals surface area contributed by atoms with Crippen molar-refractivity contribution in [3.63, 3.8) is 0 Å². The number of amides is 2. The van der Waals surface area contributed by atoms with Crippen molar-refractivity contribution in [1.82, 2.24) is 14.9 Å². The predicted octanol–water partition coefficient (Wildman–Crippen LogP) is 4.91. The van der Waals surface area contributed by atoms with Crippen LogP contribution in [0.3, 0.4) is 0 Å². The number of urea groups is 1. The molecular formula is C25H28N4O2. The summed E-state index contributed by atoms with van der Waals surface area (Å²) >= 11 is 0. The number of hydrogen-bond acceptors (Lipinski definition) is 4. The molecule has 0 unspecified atom stereocenters. The molecule has 160 valence electrons. The standard InChI is InChI=1S/C25H28N4O2/c1-17(2)24-27-22-14-16-29(25(30)26-19-7-5-4-6-8-19)15-13-21(22)23(28-24)18-9-11-20(31-3)12-10-18/h4-12,17H,13-16H2,1-3H3,(H,26,30). The molecule has 0 fully saturated rings. The first-order valence-electron chi connectivity index (χ1n) is 10.7. The van der Waals surface area contributed by atoms with E-state index >= 15 is 0 Å². The van der Waals surface area contributed by atoms with Gasteiger partial charge in [-0.3, -0.25) is 0 Å². The molecule has 0 saturated carbocycles. The lowest BCUT2D eigenvalue weighted by molar-refractivity contribution is 0.214. The third kappa shape index (κ3) is 4.68. The van der Waals surface area contributed by atoms with Gasteiger partial charge in [-0.05, 0) is 42.8 Å². The number of nitrogens with zero attached hydrogens (tertiary/aromatic N) is 3. The zero-order valence-corrected chi connectivity index (χ0v) is 18.3. The number of fused-ring (bicyclic) bond motifs is 1.